The number of hydrogen-bond donors (Lipinski definition) is 2. The summed E-state index contributed by atoms with van der Waals surface area (Å²) in [5.74, 6) is -0.812. The highest BCUT2D eigenvalue weighted by Gasteiger charge is 2.29. The largest absolute Gasteiger partial charge is 0.481 e. The van der Waals surface area contributed by atoms with E-state index in [0.29, 0.717) is 32.6 Å². The van der Waals surface area contributed by atoms with Crippen LogP contribution in [-0.4, -0.2) is 82.1 Å². The molecule has 0 aromatic rings. The Balaban J connectivity index is 2.40. The Hall–Kier alpha value is -3.10. The Morgan fingerprint density at radius 3 is 2.61 bits per heavy atom. The van der Waals surface area contributed by atoms with Crippen molar-refractivity contribution in [2.45, 2.75) is 91.8 Å². The minimum Gasteiger partial charge on any atom is -0.481 e. The standard InChI is InChI=1S/C27H42N4O5/c1-18(2)36-27(35)28-24-15-20(4)31(22(6)32)12-9-8-10-23(14-19(3)21(24)5)25-16-30(17-29(25)7)13-11-26(33)34/h10,16,18,20,24H,7-9,11-15,17H2,1-6H3,(H-,28,33,34,35)/p+1. The average molecular weight is 504 g/mol. The molecule has 0 fully saturated rings. The third kappa shape index (κ3) is 8.53. The van der Waals surface area contributed by atoms with Crippen LogP contribution in [0.5, 0.6) is 0 Å². The molecule has 2 atom stereocenters. The van der Waals surface area contributed by atoms with Gasteiger partial charge in [-0.25, -0.2) is 4.79 Å². The molecule has 2 aliphatic heterocycles. The Morgan fingerprint density at radius 2 is 2.00 bits per heavy atom. The van der Waals surface area contributed by atoms with Crippen molar-refractivity contribution in [3.63, 3.8) is 0 Å². The summed E-state index contributed by atoms with van der Waals surface area (Å²) in [4.78, 5) is 39.8. The maximum Gasteiger partial charge on any atom is 0.407 e. The normalized spacial score (nSPS) is 22.0. The molecule has 2 amide bonds. The van der Waals surface area contributed by atoms with Gasteiger partial charge < -0.3 is 25.0 Å². The number of carboxylic acids is 1. The Labute approximate surface area is 215 Å². The Morgan fingerprint density at radius 1 is 1.31 bits per heavy atom. The minimum atomic E-state index is -0.828. The van der Waals surface area contributed by atoms with E-state index in [2.05, 4.69) is 25.0 Å². The predicted octanol–water partition coefficient (Wildman–Crippen LogP) is 3.87. The van der Waals surface area contributed by atoms with Crippen LogP contribution >= 0.6 is 0 Å². The highest BCUT2D eigenvalue weighted by Crippen LogP contribution is 2.29. The molecule has 0 radical (unpaired) electrons. The van der Waals surface area contributed by atoms with Gasteiger partial charge in [0.1, 0.15) is 6.72 Å². The first-order chi connectivity index (χ1) is 16.9. The molecule has 2 aliphatic rings. The van der Waals surface area contributed by atoms with Gasteiger partial charge in [0, 0.05) is 31.6 Å². The molecule has 0 spiro atoms. The lowest BCUT2D eigenvalue weighted by Gasteiger charge is -2.32. The molecule has 0 saturated carbocycles. The van der Waals surface area contributed by atoms with Crippen LogP contribution in [0.25, 0.3) is 0 Å². The fourth-order valence-electron chi connectivity index (χ4n) is 4.67. The van der Waals surface area contributed by atoms with Crippen molar-refractivity contribution in [3.8, 4) is 0 Å². The van der Waals surface area contributed by atoms with E-state index in [-0.39, 0.29) is 30.5 Å². The van der Waals surface area contributed by atoms with Crippen LogP contribution in [0.15, 0.2) is 34.7 Å². The van der Waals surface area contributed by atoms with Crippen molar-refractivity contribution in [1.29, 1.82) is 0 Å². The summed E-state index contributed by atoms with van der Waals surface area (Å²) in [6.07, 6.45) is 6.43. The summed E-state index contributed by atoms with van der Waals surface area (Å²) in [6, 6.07) is -0.331. The zero-order chi connectivity index (χ0) is 27.0. The molecule has 0 aliphatic carbocycles. The van der Waals surface area contributed by atoms with Gasteiger partial charge in [-0.2, -0.15) is 4.58 Å². The number of amides is 2. The van der Waals surface area contributed by atoms with Gasteiger partial charge in [-0.3, -0.25) is 9.59 Å². The van der Waals surface area contributed by atoms with Crippen LogP contribution in [0.3, 0.4) is 0 Å². The summed E-state index contributed by atoms with van der Waals surface area (Å²) >= 11 is 0. The zero-order valence-electron chi connectivity index (χ0n) is 22.7. The first kappa shape index (κ1) is 29.1. The SMILES string of the molecule is C=[N+]1CN(CCC(=O)O)C=C1C1=CCCCN(C(C)=O)C(C)CC(NC(=O)OC(C)C)C(C)=C(C)C1. The van der Waals surface area contributed by atoms with E-state index in [0.717, 1.165) is 35.3 Å². The van der Waals surface area contributed by atoms with Crippen molar-refractivity contribution < 1.29 is 28.8 Å². The number of rotatable bonds is 6. The van der Waals surface area contributed by atoms with Crippen molar-refractivity contribution in [1.82, 2.24) is 15.1 Å². The molecule has 2 heterocycles. The summed E-state index contributed by atoms with van der Waals surface area (Å²) in [6.45, 7) is 17.1. The fraction of sp³-hybridized carbons (Fsp3) is 0.630. The maximum atomic E-state index is 12.5. The zero-order valence-corrected chi connectivity index (χ0v) is 22.7. The third-order valence-corrected chi connectivity index (χ3v) is 6.73. The molecule has 0 saturated heterocycles. The number of nitrogens with zero attached hydrogens (tertiary/aromatic N) is 3. The smallest absolute Gasteiger partial charge is 0.407 e. The second-order valence-corrected chi connectivity index (χ2v) is 10.1. The van der Waals surface area contributed by atoms with E-state index in [1.54, 1.807) is 6.92 Å². The van der Waals surface area contributed by atoms with Crippen molar-refractivity contribution in [2.24, 2.45) is 0 Å². The van der Waals surface area contributed by atoms with Crippen molar-refractivity contribution >= 4 is 24.7 Å². The van der Waals surface area contributed by atoms with Crippen molar-refractivity contribution in [2.75, 3.05) is 19.8 Å². The van der Waals surface area contributed by atoms with E-state index in [9.17, 15) is 14.4 Å². The molecule has 0 bridgehead atoms. The number of ether oxygens (including phenoxy) is 1. The molecule has 2 unspecified atom stereocenters. The molecule has 9 heteroatoms. The molecule has 0 aromatic heterocycles. The Kier molecular flexibility index (Phi) is 10.7. The maximum absolute atomic E-state index is 12.5. The van der Waals surface area contributed by atoms with Gasteiger partial charge in [-0.1, -0.05) is 17.2 Å². The second kappa shape index (κ2) is 13.3. The topological polar surface area (TPSA) is 102 Å². The third-order valence-electron chi connectivity index (χ3n) is 6.73. The van der Waals surface area contributed by atoms with Gasteiger partial charge in [-0.15, -0.1) is 0 Å². The molecule has 200 valence electrons. The molecule has 2 rings (SSSR count). The van der Waals surface area contributed by atoms with E-state index < -0.39 is 12.1 Å². The van der Waals surface area contributed by atoms with Crippen LogP contribution in [0.1, 0.15) is 73.6 Å². The van der Waals surface area contributed by atoms with Gasteiger partial charge in [0.05, 0.1) is 24.8 Å². The summed E-state index contributed by atoms with van der Waals surface area (Å²) in [7, 11) is 0. The van der Waals surface area contributed by atoms with Gasteiger partial charge in [-0.05, 0) is 60.3 Å². The van der Waals surface area contributed by atoms with Crippen LogP contribution in [0.2, 0.25) is 0 Å². The number of nitrogens with one attached hydrogen (secondary N) is 1. The fourth-order valence-corrected chi connectivity index (χ4v) is 4.67. The van der Waals surface area contributed by atoms with Gasteiger partial charge in [0.15, 0.2) is 0 Å². The number of aliphatic carboxylic acids is 1. The lowest BCUT2D eigenvalue weighted by atomic mass is 9.91. The quantitative estimate of drug-likeness (QED) is 0.422. The first-order valence-corrected chi connectivity index (χ1v) is 12.7. The highest BCUT2D eigenvalue weighted by molar-refractivity contribution is 5.73. The monoisotopic (exact) mass is 503 g/mol. The lowest BCUT2D eigenvalue weighted by molar-refractivity contribution is -0.470. The molecular weight excluding hydrogens is 460 g/mol. The van der Waals surface area contributed by atoms with Crippen LogP contribution < -0.4 is 5.32 Å². The number of alkyl carbamates (subject to hydrolysis) is 1. The molecular formula is C27H43N4O5+. The minimum absolute atomic E-state index is 0.0159. The van der Waals surface area contributed by atoms with Gasteiger partial charge in [0.2, 0.25) is 18.3 Å². The Bertz CT molecular complexity index is 950. The van der Waals surface area contributed by atoms with Crippen LogP contribution in [-0.2, 0) is 14.3 Å². The lowest BCUT2D eigenvalue weighted by Crippen LogP contribution is -2.45. The van der Waals surface area contributed by atoms with Gasteiger partial charge >= 0.3 is 12.1 Å². The van der Waals surface area contributed by atoms with E-state index in [1.165, 1.54) is 0 Å². The van der Waals surface area contributed by atoms with Gasteiger partial charge in [0.25, 0.3) is 0 Å². The highest BCUT2D eigenvalue weighted by atomic mass is 16.6. The number of carbonyl (C=O) groups is 3. The number of carbonyl (C=O) groups excluding carboxylic acids is 2. The van der Waals surface area contributed by atoms with Crippen LogP contribution in [0.4, 0.5) is 4.79 Å². The average Bonchev–Trinajstić information content (AvgIpc) is 3.14. The molecule has 9 nitrogen and oxygen atoms in total. The molecule has 36 heavy (non-hydrogen) atoms. The first-order valence-electron chi connectivity index (χ1n) is 12.7. The number of carboxylic acid groups (broad SMARTS) is 1. The molecule has 0 aromatic carbocycles. The second-order valence-electron chi connectivity index (χ2n) is 10.1. The molecule has 2 N–H and O–H groups in total. The van der Waals surface area contributed by atoms with E-state index in [4.69, 9.17) is 9.84 Å². The summed E-state index contributed by atoms with van der Waals surface area (Å²) in [5, 5.41) is 12.1. The number of hydrogen-bond acceptors (Lipinski definition) is 5. The van der Waals surface area contributed by atoms with Crippen molar-refractivity contribution in [3.05, 3.63) is 34.7 Å². The van der Waals surface area contributed by atoms with Crippen LogP contribution in [0, 0.1) is 0 Å². The summed E-state index contributed by atoms with van der Waals surface area (Å²) < 4.78 is 7.24. The summed E-state index contributed by atoms with van der Waals surface area (Å²) in [5.41, 5.74) is 4.22. The number of allylic oxidation sites excluding steroid dienone is 3. The van der Waals surface area contributed by atoms with E-state index >= 15 is 0 Å². The van der Waals surface area contributed by atoms with E-state index in [1.807, 2.05) is 48.3 Å². The predicted molar refractivity (Wildman–Crippen MR) is 140 cm³/mol.